The van der Waals surface area contributed by atoms with Crippen LogP contribution in [0.2, 0.25) is 0 Å². The standard InChI is InChI=1S/C19H22F3NO4/c1-2-3-8-26-12-18(25)9-13-11-23(17(24)16(13)10-18)14-4-6-15(7-5-14)27-19(20,21)22/h4-7,10,13,25H,2-3,8-9,11-12H2,1H3/t13-,18-/m0/s1. The average molecular weight is 385 g/mol. The van der Waals surface area contributed by atoms with Crippen molar-refractivity contribution in [2.45, 2.75) is 38.1 Å². The fourth-order valence-electron chi connectivity index (χ4n) is 3.51. The van der Waals surface area contributed by atoms with Gasteiger partial charge in [-0.3, -0.25) is 4.79 Å². The molecule has 1 fully saturated rings. The first kappa shape index (κ1) is 19.7. The molecule has 0 radical (unpaired) electrons. The monoisotopic (exact) mass is 385 g/mol. The van der Waals surface area contributed by atoms with Crippen molar-refractivity contribution in [3.05, 3.63) is 35.9 Å². The molecule has 2 aliphatic rings. The summed E-state index contributed by atoms with van der Waals surface area (Å²) >= 11 is 0. The van der Waals surface area contributed by atoms with Crippen LogP contribution in [0.4, 0.5) is 18.9 Å². The third kappa shape index (κ3) is 4.62. The summed E-state index contributed by atoms with van der Waals surface area (Å²) in [7, 11) is 0. The molecule has 1 aromatic carbocycles. The second-order valence-corrected chi connectivity index (χ2v) is 6.97. The van der Waals surface area contributed by atoms with Gasteiger partial charge in [-0.1, -0.05) is 13.3 Å². The number of fused-ring (bicyclic) bond motifs is 1. The van der Waals surface area contributed by atoms with Crippen LogP contribution in [0.15, 0.2) is 35.9 Å². The van der Waals surface area contributed by atoms with E-state index in [9.17, 15) is 23.1 Å². The molecule has 0 saturated carbocycles. The minimum absolute atomic E-state index is 0.122. The van der Waals surface area contributed by atoms with Crippen LogP contribution in [0.3, 0.4) is 0 Å². The number of nitrogens with zero attached hydrogens (tertiary/aromatic N) is 1. The Labute approximate surface area is 155 Å². The molecule has 0 bridgehead atoms. The Kier molecular flexibility index (Phi) is 5.48. The summed E-state index contributed by atoms with van der Waals surface area (Å²) in [6.07, 6.45) is -0.866. The van der Waals surface area contributed by atoms with Gasteiger partial charge in [-0.05, 0) is 43.2 Å². The number of hydrogen-bond donors (Lipinski definition) is 1. The number of unbranched alkanes of at least 4 members (excludes halogenated alkanes) is 1. The first-order valence-electron chi connectivity index (χ1n) is 8.91. The van der Waals surface area contributed by atoms with Gasteiger partial charge in [0.1, 0.15) is 11.4 Å². The second-order valence-electron chi connectivity index (χ2n) is 6.97. The average Bonchev–Trinajstić information content (AvgIpc) is 3.06. The van der Waals surface area contributed by atoms with Gasteiger partial charge in [0.25, 0.3) is 5.91 Å². The predicted octanol–water partition coefficient (Wildman–Crippen LogP) is 3.43. The zero-order chi connectivity index (χ0) is 19.7. The number of benzene rings is 1. The van der Waals surface area contributed by atoms with E-state index in [1.807, 2.05) is 0 Å². The molecule has 1 amide bonds. The Bertz CT molecular complexity index is 717. The quantitative estimate of drug-likeness (QED) is 0.731. The van der Waals surface area contributed by atoms with Gasteiger partial charge in [0.15, 0.2) is 0 Å². The van der Waals surface area contributed by atoms with E-state index in [4.69, 9.17) is 4.74 Å². The lowest BCUT2D eigenvalue weighted by Crippen LogP contribution is -2.34. The topological polar surface area (TPSA) is 59.0 Å². The zero-order valence-corrected chi connectivity index (χ0v) is 15.0. The van der Waals surface area contributed by atoms with E-state index in [0.717, 1.165) is 12.8 Å². The van der Waals surface area contributed by atoms with Crippen molar-refractivity contribution >= 4 is 11.6 Å². The minimum atomic E-state index is -4.75. The zero-order valence-electron chi connectivity index (χ0n) is 15.0. The highest BCUT2D eigenvalue weighted by Crippen LogP contribution is 2.41. The summed E-state index contributed by atoms with van der Waals surface area (Å²) in [4.78, 5) is 14.2. The first-order valence-corrected chi connectivity index (χ1v) is 8.91. The summed E-state index contributed by atoms with van der Waals surface area (Å²) in [6.45, 7) is 3.15. The first-order chi connectivity index (χ1) is 12.7. The van der Waals surface area contributed by atoms with Gasteiger partial charge in [0, 0.05) is 30.3 Å². The van der Waals surface area contributed by atoms with Crippen molar-refractivity contribution in [1.29, 1.82) is 0 Å². The fraction of sp³-hybridized carbons (Fsp3) is 0.526. The van der Waals surface area contributed by atoms with Gasteiger partial charge in [-0.2, -0.15) is 0 Å². The van der Waals surface area contributed by atoms with Gasteiger partial charge >= 0.3 is 6.36 Å². The van der Waals surface area contributed by atoms with Crippen LogP contribution in [0, 0.1) is 5.92 Å². The maximum Gasteiger partial charge on any atom is 0.573 e. The van der Waals surface area contributed by atoms with E-state index >= 15 is 0 Å². The Hall–Kier alpha value is -2.06. The molecule has 1 aliphatic carbocycles. The number of carbonyl (C=O) groups is 1. The van der Waals surface area contributed by atoms with Crippen LogP contribution in [-0.2, 0) is 9.53 Å². The molecule has 0 unspecified atom stereocenters. The highest BCUT2D eigenvalue weighted by molar-refractivity contribution is 6.09. The minimum Gasteiger partial charge on any atom is -0.406 e. The van der Waals surface area contributed by atoms with Gasteiger partial charge in [-0.25, -0.2) is 0 Å². The molecule has 1 aromatic rings. The van der Waals surface area contributed by atoms with E-state index in [-0.39, 0.29) is 24.2 Å². The Balaban J connectivity index is 1.65. The molecular formula is C19H22F3NO4. The number of amides is 1. The summed E-state index contributed by atoms with van der Waals surface area (Å²) in [5, 5.41) is 10.6. The van der Waals surface area contributed by atoms with Gasteiger partial charge in [-0.15, -0.1) is 13.2 Å². The maximum absolute atomic E-state index is 12.7. The van der Waals surface area contributed by atoms with E-state index in [1.54, 1.807) is 6.08 Å². The van der Waals surface area contributed by atoms with E-state index < -0.39 is 12.0 Å². The Morgan fingerprint density at radius 1 is 1.30 bits per heavy atom. The van der Waals surface area contributed by atoms with E-state index in [2.05, 4.69) is 11.7 Å². The van der Waals surface area contributed by atoms with Crippen molar-refractivity contribution in [2.75, 3.05) is 24.7 Å². The molecule has 148 valence electrons. The highest BCUT2D eigenvalue weighted by atomic mass is 19.4. The fourth-order valence-corrected chi connectivity index (χ4v) is 3.51. The van der Waals surface area contributed by atoms with Crippen molar-refractivity contribution in [2.24, 2.45) is 5.92 Å². The lowest BCUT2D eigenvalue weighted by Gasteiger charge is -2.24. The molecule has 27 heavy (non-hydrogen) atoms. The second kappa shape index (κ2) is 7.52. The van der Waals surface area contributed by atoms with Crippen molar-refractivity contribution in [3.8, 4) is 5.75 Å². The lowest BCUT2D eigenvalue weighted by molar-refractivity contribution is -0.274. The Morgan fingerprint density at radius 3 is 2.59 bits per heavy atom. The van der Waals surface area contributed by atoms with Crippen molar-refractivity contribution < 1.29 is 32.5 Å². The number of ether oxygens (including phenoxy) is 2. The SMILES string of the molecule is CCCCOC[C@@]1(O)C=C2C(=O)N(c3ccc(OC(F)(F)F)cc3)C[C@@H]2C1. The smallest absolute Gasteiger partial charge is 0.406 e. The van der Waals surface area contributed by atoms with E-state index in [0.29, 0.717) is 30.8 Å². The number of halogens is 3. The van der Waals surface area contributed by atoms with Crippen LogP contribution < -0.4 is 9.64 Å². The van der Waals surface area contributed by atoms with Crippen LogP contribution in [0.25, 0.3) is 0 Å². The number of carbonyl (C=O) groups excluding carboxylic acids is 1. The molecule has 1 N–H and O–H groups in total. The molecule has 2 atom stereocenters. The van der Waals surface area contributed by atoms with Crippen LogP contribution in [0.5, 0.6) is 5.75 Å². The third-order valence-electron chi connectivity index (χ3n) is 4.74. The largest absolute Gasteiger partial charge is 0.573 e. The molecule has 8 heteroatoms. The van der Waals surface area contributed by atoms with Gasteiger partial charge in [0.2, 0.25) is 0 Å². The molecule has 1 saturated heterocycles. The summed E-state index contributed by atoms with van der Waals surface area (Å²) < 4.78 is 46.1. The van der Waals surface area contributed by atoms with Crippen LogP contribution in [-0.4, -0.2) is 42.7 Å². The lowest BCUT2D eigenvalue weighted by atomic mass is 9.99. The molecule has 5 nitrogen and oxygen atoms in total. The molecule has 0 aromatic heterocycles. The highest BCUT2D eigenvalue weighted by Gasteiger charge is 2.46. The number of anilines is 1. The normalized spacial score (nSPS) is 24.9. The number of alkyl halides is 3. The number of aliphatic hydroxyl groups is 1. The van der Waals surface area contributed by atoms with Gasteiger partial charge in [0.05, 0.1) is 6.61 Å². The van der Waals surface area contributed by atoms with Crippen molar-refractivity contribution in [3.63, 3.8) is 0 Å². The summed E-state index contributed by atoms with van der Waals surface area (Å²) in [5.74, 6) is -0.701. The maximum atomic E-state index is 12.7. The summed E-state index contributed by atoms with van der Waals surface area (Å²) in [6, 6.07) is 5.19. The molecular weight excluding hydrogens is 363 g/mol. The number of hydrogen-bond acceptors (Lipinski definition) is 4. The summed E-state index contributed by atoms with van der Waals surface area (Å²) in [5.41, 5.74) is -0.111. The van der Waals surface area contributed by atoms with Crippen LogP contribution >= 0.6 is 0 Å². The predicted molar refractivity (Wildman–Crippen MR) is 92.3 cm³/mol. The molecule has 1 heterocycles. The van der Waals surface area contributed by atoms with Crippen molar-refractivity contribution in [1.82, 2.24) is 0 Å². The Morgan fingerprint density at radius 2 is 2.00 bits per heavy atom. The third-order valence-corrected chi connectivity index (χ3v) is 4.74. The molecule has 3 rings (SSSR count). The van der Waals surface area contributed by atoms with Crippen LogP contribution in [0.1, 0.15) is 26.2 Å². The van der Waals surface area contributed by atoms with E-state index in [1.165, 1.54) is 29.2 Å². The van der Waals surface area contributed by atoms with Gasteiger partial charge < -0.3 is 19.5 Å². The molecule has 1 aliphatic heterocycles. The number of rotatable bonds is 7. The molecule has 0 spiro atoms.